The second-order valence-corrected chi connectivity index (χ2v) is 10.7. The van der Waals surface area contributed by atoms with Gasteiger partial charge >= 0.3 is 5.97 Å². The number of rotatable bonds is 24. The summed E-state index contributed by atoms with van der Waals surface area (Å²) >= 11 is 0. The summed E-state index contributed by atoms with van der Waals surface area (Å²) in [7, 11) is -4.30. The molecule has 39 heavy (non-hydrogen) atoms. The number of hydrogen-bond donors (Lipinski definition) is 2. The Labute approximate surface area is 234 Å². The van der Waals surface area contributed by atoms with Gasteiger partial charge in [0, 0.05) is 12.8 Å². The van der Waals surface area contributed by atoms with E-state index in [1.807, 2.05) is 12.2 Å². The maximum atomic E-state index is 12.2. The Morgan fingerprint density at radius 1 is 0.872 bits per heavy atom. The predicted octanol–water partition coefficient (Wildman–Crippen LogP) is 4.44. The molecule has 0 aliphatic rings. The molecule has 0 saturated heterocycles. The molecule has 0 fully saturated rings. The van der Waals surface area contributed by atoms with Crippen LogP contribution in [0.25, 0.3) is 0 Å². The maximum absolute atomic E-state index is 12.2. The second-order valence-electron chi connectivity index (χ2n) is 8.70. The van der Waals surface area contributed by atoms with Gasteiger partial charge in [-0.05, 0) is 44.9 Å². The zero-order chi connectivity index (χ0) is 29.0. The molecule has 220 valence electrons. The van der Waals surface area contributed by atoms with E-state index in [0.717, 1.165) is 38.5 Å². The Kier molecular flexibility index (Phi) is 24.3. The molecule has 0 amide bonds. The fraction of sp³-hybridized carbons (Fsp3) is 0.533. The van der Waals surface area contributed by atoms with E-state index in [9.17, 15) is 24.2 Å². The van der Waals surface area contributed by atoms with Crippen molar-refractivity contribution in [3.05, 3.63) is 72.9 Å². The number of esters is 1. The largest absolute Gasteiger partial charge is 0.774 e. The van der Waals surface area contributed by atoms with Gasteiger partial charge in [0.2, 0.25) is 0 Å². The molecule has 0 saturated carbocycles. The SMILES string of the molecule is CC/C=C\C/C=C\C/C=C\C/C=C\C/C=C\C/C=C\CCC(=O)OC(CO)COP(=O)([O-])C(CC)[NH2+]CC=O. The molecule has 0 rings (SSSR count). The first-order valence-corrected chi connectivity index (χ1v) is 15.4. The number of nitrogens with two attached hydrogens (primary N) is 1. The minimum atomic E-state index is -4.30. The van der Waals surface area contributed by atoms with E-state index >= 15 is 0 Å². The lowest BCUT2D eigenvalue weighted by atomic mass is 10.2. The smallest absolute Gasteiger partial charge is 0.306 e. The van der Waals surface area contributed by atoms with Crippen LogP contribution in [0.3, 0.4) is 0 Å². The van der Waals surface area contributed by atoms with Crippen molar-refractivity contribution >= 4 is 19.9 Å². The number of carbonyl (C=O) groups is 2. The third-order valence-corrected chi connectivity index (χ3v) is 7.28. The Bertz CT molecular complexity index is 861. The van der Waals surface area contributed by atoms with Crippen molar-refractivity contribution in [3.8, 4) is 0 Å². The number of aliphatic hydroxyl groups is 1. The number of aldehydes is 1. The lowest BCUT2D eigenvalue weighted by Gasteiger charge is -2.30. The lowest BCUT2D eigenvalue weighted by Crippen LogP contribution is -2.90. The van der Waals surface area contributed by atoms with E-state index in [-0.39, 0.29) is 19.4 Å². The van der Waals surface area contributed by atoms with E-state index in [0.29, 0.717) is 12.7 Å². The fourth-order valence-electron chi connectivity index (χ4n) is 3.22. The molecule has 0 spiro atoms. The van der Waals surface area contributed by atoms with Crippen LogP contribution in [0.2, 0.25) is 0 Å². The van der Waals surface area contributed by atoms with Crippen LogP contribution in [0, 0.1) is 0 Å². The summed E-state index contributed by atoms with van der Waals surface area (Å²) in [6.45, 7) is 2.78. The van der Waals surface area contributed by atoms with Gasteiger partial charge in [0.15, 0.2) is 13.9 Å². The monoisotopic (exact) mass is 565 g/mol. The van der Waals surface area contributed by atoms with Gasteiger partial charge in [-0.3, -0.25) is 9.59 Å². The van der Waals surface area contributed by atoms with Gasteiger partial charge in [-0.15, -0.1) is 0 Å². The number of quaternary nitrogens is 1. The molecule has 0 radical (unpaired) electrons. The molecule has 0 aromatic carbocycles. The first-order chi connectivity index (χ1) is 18.9. The first-order valence-electron chi connectivity index (χ1n) is 13.8. The zero-order valence-corrected chi connectivity index (χ0v) is 24.5. The third kappa shape index (κ3) is 22.2. The van der Waals surface area contributed by atoms with Crippen molar-refractivity contribution in [1.29, 1.82) is 0 Å². The van der Waals surface area contributed by atoms with Crippen LogP contribution in [0.15, 0.2) is 72.9 Å². The van der Waals surface area contributed by atoms with E-state index in [1.165, 1.54) is 5.32 Å². The van der Waals surface area contributed by atoms with Gasteiger partial charge in [0.1, 0.15) is 18.4 Å². The second kappa shape index (κ2) is 25.9. The average molecular weight is 566 g/mol. The predicted molar refractivity (Wildman–Crippen MR) is 155 cm³/mol. The number of aliphatic hydroxyl groups excluding tert-OH is 1. The summed E-state index contributed by atoms with van der Waals surface area (Å²) < 4.78 is 22.3. The fourth-order valence-corrected chi connectivity index (χ4v) is 4.62. The van der Waals surface area contributed by atoms with Crippen molar-refractivity contribution in [2.24, 2.45) is 0 Å². The molecular formula is C30H48NO7P. The Balaban J connectivity index is 4.04. The van der Waals surface area contributed by atoms with Crippen LogP contribution in [0.4, 0.5) is 0 Å². The van der Waals surface area contributed by atoms with Gasteiger partial charge in [-0.1, -0.05) is 86.8 Å². The van der Waals surface area contributed by atoms with Crippen molar-refractivity contribution in [1.82, 2.24) is 0 Å². The molecule has 0 aliphatic carbocycles. The van der Waals surface area contributed by atoms with Crippen molar-refractivity contribution in [2.45, 2.75) is 83.5 Å². The average Bonchev–Trinajstić information content (AvgIpc) is 2.92. The molecule has 0 aromatic heterocycles. The van der Waals surface area contributed by atoms with Crippen molar-refractivity contribution in [2.75, 3.05) is 19.8 Å². The molecule has 3 unspecified atom stereocenters. The molecule has 0 aromatic rings. The quantitative estimate of drug-likeness (QED) is 0.0766. The minimum Gasteiger partial charge on any atom is -0.774 e. The van der Waals surface area contributed by atoms with E-state index in [2.05, 4.69) is 67.7 Å². The summed E-state index contributed by atoms with van der Waals surface area (Å²) in [5.41, 5.74) is 0. The normalized spacial score (nSPS) is 15.8. The highest BCUT2D eigenvalue weighted by atomic mass is 31.2. The summed E-state index contributed by atoms with van der Waals surface area (Å²) in [6.07, 6.45) is 31.3. The van der Waals surface area contributed by atoms with Gasteiger partial charge in [-0.2, -0.15) is 0 Å². The van der Waals surface area contributed by atoms with E-state index in [1.54, 1.807) is 6.92 Å². The zero-order valence-electron chi connectivity index (χ0n) is 23.6. The number of carbonyl (C=O) groups excluding carboxylic acids is 2. The molecule has 0 aliphatic heterocycles. The van der Waals surface area contributed by atoms with Crippen LogP contribution in [0.5, 0.6) is 0 Å². The Morgan fingerprint density at radius 2 is 1.36 bits per heavy atom. The Morgan fingerprint density at radius 3 is 1.79 bits per heavy atom. The first kappa shape index (κ1) is 36.6. The maximum Gasteiger partial charge on any atom is 0.306 e. The summed E-state index contributed by atoms with van der Waals surface area (Å²) in [4.78, 5) is 34.7. The standard InChI is InChI=1S/C30H48NO7P/c1-3-5-6-7-8-9-10-11-12-13-14-15-16-17-18-19-20-21-22-23-30(34)38-28(26-33)27-37-39(35,36)29(4-2)31-24-25-32/h5-6,8-9,11-12,14-15,17-18,20-21,25,28-29,31,33H,3-4,7,10,13,16,19,22-24,26-27H2,1-2H3,(H,35,36)/b6-5-,9-8-,12-11-,15-14-,18-17-,21-20-. The van der Waals surface area contributed by atoms with Gasteiger partial charge in [0.05, 0.1) is 13.2 Å². The van der Waals surface area contributed by atoms with Gasteiger partial charge < -0.3 is 29.1 Å². The molecule has 8 nitrogen and oxygen atoms in total. The van der Waals surface area contributed by atoms with E-state index < -0.39 is 38.7 Å². The lowest BCUT2D eigenvalue weighted by molar-refractivity contribution is -0.663. The van der Waals surface area contributed by atoms with Crippen LogP contribution in [0.1, 0.15) is 71.6 Å². The molecule has 0 bridgehead atoms. The molecule has 3 atom stereocenters. The van der Waals surface area contributed by atoms with Crippen molar-refractivity contribution < 1.29 is 38.7 Å². The van der Waals surface area contributed by atoms with Gasteiger partial charge in [-0.25, -0.2) is 0 Å². The van der Waals surface area contributed by atoms with Crippen LogP contribution >= 0.6 is 7.60 Å². The summed E-state index contributed by atoms with van der Waals surface area (Å²) in [6, 6.07) is 0. The third-order valence-electron chi connectivity index (χ3n) is 5.38. The van der Waals surface area contributed by atoms with E-state index in [4.69, 9.17) is 9.26 Å². The molecule has 0 heterocycles. The number of allylic oxidation sites excluding steroid dienone is 12. The van der Waals surface area contributed by atoms with Crippen LogP contribution in [-0.4, -0.2) is 49.0 Å². The Hall–Kier alpha value is -2.35. The number of ether oxygens (including phenoxy) is 1. The summed E-state index contributed by atoms with van der Waals surface area (Å²) in [5, 5.41) is 10.8. The van der Waals surface area contributed by atoms with Crippen LogP contribution < -0.4 is 10.2 Å². The van der Waals surface area contributed by atoms with Crippen LogP contribution in [-0.2, 0) is 23.4 Å². The number of hydrogen-bond acceptors (Lipinski definition) is 7. The van der Waals surface area contributed by atoms with Gasteiger partial charge in [0.25, 0.3) is 0 Å². The highest BCUT2D eigenvalue weighted by Crippen LogP contribution is 2.41. The minimum absolute atomic E-state index is 0.00110. The highest BCUT2D eigenvalue weighted by molar-refractivity contribution is 7.51. The summed E-state index contributed by atoms with van der Waals surface area (Å²) in [5.74, 6) is -1.46. The molecule has 9 heteroatoms. The molecular weight excluding hydrogens is 517 g/mol. The molecule has 3 N–H and O–H groups in total. The van der Waals surface area contributed by atoms with Crippen molar-refractivity contribution in [3.63, 3.8) is 0 Å². The topological polar surface area (TPSA) is 130 Å². The highest BCUT2D eigenvalue weighted by Gasteiger charge is 2.27.